The van der Waals surface area contributed by atoms with Crippen LogP contribution in [0.4, 0.5) is 0 Å². The van der Waals surface area contributed by atoms with Crippen molar-refractivity contribution in [2.45, 2.75) is 62.9 Å². The van der Waals surface area contributed by atoms with E-state index >= 15 is 0 Å². The first-order valence-corrected chi connectivity index (χ1v) is 8.35. The maximum absolute atomic E-state index is 3.90. The number of nitrogens with one attached hydrogen (secondary N) is 2. The van der Waals surface area contributed by atoms with Gasteiger partial charge in [-0.3, -0.25) is 10.3 Å². The number of piperidine rings is 2. The number of halogens is 1. The lowest BCUT2D eigenvalue weighted by atomic mass is 9.80. The van der Waals surface area contributed by atoms with E-state index in [1.807, 2.05) is 0 Å². The Morgan fingerprint density at radius 1 is 0.905 bits per heavy atom. The van der Waals surface area contributed by atoms with Gasteiger partial charge in [-0.1, -0.05) is 30.3 Å². The first-order valence-electron chi connectivity index (χ1n) is 8.35. The van der Waals surface area contributed by atoms with Crippen molar-refractivity contribution in [3.8, 4) is 0 Å². The summed E-state index contributed by atoms with van der Waals surface area (Å²) in [4.78, 5) is 3.90. The average Bonchev–Trinajstić information content (AvgIpc) is 2.97. The van der Waals surface area contributed by atoms with E-state index in [-0.39, 0.29) is 12.4 Å². The van der Waals surface area contributed by atoms with Crippen LogP contribution in [0, 0.1) is 5.92 Å². The summed E-state index contributed by atoms with van der Waals surface area (Å²) in [6.45, 7) is 0. The van der Waals surface area contributed by atoms with Crippen LogP contribution >= 0.6 is 0 Å². The van der Waals surface area contributed by atoms with Crippen molar-refractivity contribution in [1.82, 2.24) is 5.32 Å². The Hall–Kier alpha value is -1.02. The number of hydrogen-bond donors (Lipinski definition) is 2. The van der Waals surface area contributed by atoms with Crippen LogP contribution in [0.15, 0.2) is 30.3 Å². The van der Waals surface area contributed by atoms with Crippen molar-refractivity contribution in [3.63, 3.8) is 0 Å². The van der Waals surface area contributed by atoms with Gasteiger partial charge in [0.2, 0.25) is 5.84 Å². The number of fused-ring (bicyclic) bond motifs is 3. The second-order valence-electron chi connectivity index (χ2n) is 6.81. The summed E-state index contributed by atoms with van der Waals surface area (Å²) in [5.41, 5.74) is 1.52. The summed E-state index contributed by atoms with van der Waals surface area (Å²) in [5, 5.41) is 3.76. The molecule has 2 aliphatic heterocycles. The van der Waals surface area contributed by atoms with Gasteiger partial charge >= 0.3 is 0 Å². The molecule has 4 fully saturated rings. The molecule has 0 radical (unpaired) electrons. The second kappa shape index (κ2) is 6.39. The topological polar surface area (TPSA) is 26.0 Å². The molecule has 1 aromatic rings. The molecule has 2 bridgehead atoms. The van der Waals surface area contributed by atoms with E-state index in [4.69, 9.17) is 0 Å². The molecule has 2 heterocycles. The molecular weight excluding hydrogens is 280 g/mol. The standard InChI is InChI=1S/C18H24N2.ClH/c1-2-5-13(6-3-1)16-7-4-8-17(16)20-18-14-9-11-15(19-18)12-10-14;/h1-3,5-6,14-17H,4,7-12H2,(H,19,20);1H/t14?,15?,16-,17-;/m1./s1. The molecule has 4 aliphatic rings. The van der Waals surface area contributed by atoms with Crippen molar-refractivity contribution < 1.29 is 17.4 Å². The van der Waals surface area contributed by atoms with Crippen LogP contribution in [0.25, 0.3) is 0 Å². The molecule has 2 N–H and O–H groups in total. The number of hydrogen-bond acceptors (Lipinski definition) is 0. The minimum atomic E-state index is 0. The van der Waals surface area contributed by atoms with E-state index in [0.29, 0.717) is 12.0 Å². The molecule has 0 spiro atoms. The van der Waals surface area contributed by atoms with Crippen LogP contribution in [0.3, 0.4) is 0 Å². The van der Waals surface area contributed by atoms with Crippen LogP contribution in [-0.4, -0.2) is 17.9 Å². The zero-order valence-electron chi connectivity index (χ0n) is 12.5. The molecule has 0 amide bonds. The lowest BCUT2D eigenvalue weighted by Crippen LogP contribution is -3.00. The summed E-state index contributed by atoms with van der Waals surface area (Å²) < 4.78 is 0. The van der Waals surface area contributed by atoms with E-state index in [1.54, 1.807) is 0 Å². The van der Waals surface area contributed by atoms with Gasteiger partial charge in [0, 0.05) is 5.92 Å². The Balaban J connectivity index is 0.00000132. The fourth-order valence-electron chi connectivity index (χ4n) is 4.46. The molecule has 2 atom stereocenters. The smallest absolute Gasteiger partial charge is 0.246 e. The monoisotopic (exact) mass is 304 g/mol. The highest BCUT2D eigenvalue weighted by Crippen LogP contribution is 2.33. The quantitative estimate of drug-likeness (QED) is 0.718. The Kier molecular flexibility index (Phi) is 4.54. The van der Waals surface area contributed by atoms with Crippen LogP contribution < -0.4 is 22.7 Å². The molecule has 2 nitrogen and oxygen atoms in total. The zero-order chi connectivity index (χ0) is 13.4. The Morgan fingerprint density at radius 3 is 2.33 bits per heavy atom. The van der Waals surface area contributed by atoms with Crippen LogP contribution in [0.5, 0.6) is 0 Å². The van der Waals surface area contributed by atoms with Gasteiger partial charge in [0.05, 0.1) is 12.0 Å². The summed E-state index contributed by atoms with van der Waals surface area (Å²) in [6.07, 6.45) is 9.56. The molecule has 2 saturated heterocycles. The Labute approximate surface area is 133 Å². The largest absolute Gasteiger partial charge is 1.00 e. The number of amidine groups is 1. The van der Waals surface area contributed by atoms with Crippen LogP contribution in [-0.2, 0) is 0 Å². The Bertz CT molecular complexity index is 491. The normalized spacial score (nSPS) is 36.3. The van der Waals surface area contributed by atoms with Crippen molar-refractivity contribution in [2.24, 2.45) is 5.92 Å². The summed E-state index contributed by atoms with van der Waals surface area (Å²) in [5.74, 6) is 2.96. The van der Waals surface area contributed by atoms with E-state index in [9.17, 15) is 0 Å². The lowest BCUT2D eigenvalue weighted by molar-refractivity contribution is -0.510. The fraction of sp³-hybridized carbons (Fsp3) is 0.611. The van der Waals surface area contributed by atoms with Gasteiger partial charge in [-0.2, -0.15) is 0 Å². The highest BCUT2D eigenvalue weighted by Gasteiger charge is 2.39. The maximum Gasteiger partial charge on any atom is 0.246 e. The second-order valence-corrected chi connectivity index (χ2v) is 6.81. The zero-order valence-corrected chi connectivity index (χ0v) is 13.3. The van der Waals surface area contributed by atoms with E-state index < -0.39 is 0 Å². The molecule has 0 aromatic heterocycles. The van der Waals surface area contributed by atoms with Crippen molar-refractivity contribution >= 4 is 5.84 Å². The third-order valence-electron chi connectivity index (χ3n) is 5.58. The van der Waals surface area contributed by atoms with Crippen molar-refractivity contribution in [2.75, 3.05) is 0 Å². The summed E-state index contributed by atoms with van der Waals surface area (Å²) in [7, 11) is 0. The first-order chi connectivity index (χ1) is 9.90. The van der Waals surface area contributed by atoms with Gasteiger partial charge < -0.3 is 12.4 Å². The van der Waals surface area contributed by atoms with Gasteiger partial charge in [0.1, 0.15) is 6.04 Å². The van der Waals surface area contributed by atoms with Gasteiger partial charge in [-0.05, 0) is 50.5 Å². The SMILES string of the molecule is [Cl-].c1ccc([C@H]2CCC[C@H]2[NH+]=C2NC3CCC2CC3)cc1. The molecule has 0 unspecified atom stereocenters. The average molecular weight is 305 g/mol. The molecule has 5 rings (SSSR count). The predicted octanol–water partition coefficient (Wildman–Crippen LogP) is -1.03. The maximum atomic E-state index is 3.90. The van der Waals surface area contributed by atoms with Crippen LogP contribution in [0.2, 0.25) is 0 Å². The molecule has 21 heavy (non-hydrogen) atoms. The summed E-state index contributed by atoms with van der Waals surface area (Å²) >= 11 is 0. The molecular formula is C18H25ClN2. The number of benzene rings is 1. The van der Waals surface area contributed by atoms with Crippen molar-refractivity contribution in [1.29, 1.82) is 0 Å². The van der Waals surface area contributed by atoms with Gasteiger partial charge in [0.15, 0.2) is 0 Å². The minimum absolute atomic E-state index is 0. The van der Waals surface area contributed by atoms with Gasteiger partial charge in [-0.25, -0.2) is 0 Å². The molecule has 114 valence electrons. The predicted molar refractivity (Wildman–Crippen MR) is 81.7 cm³/mol. The molecule has 2 saturated carbocycles. The van der Waals surface area contributed by atoms with E-state index in [0.717, 1.165) is 12.0 Å². The third-order valence-corrected chi connectivity index (χ3v) is 5.58. The highest BCUT2D eigenvalue weighted by molar-refractivity contribution is 5.81. The minimum Gasteiger partial charge on any atom is -1.00 e. The van der Waals surface area contributed by atoms with Gasteiger partial charge in [0.25, 0.3) is 0 Å². The molecule has 1 aromatic carbocycles. The lowest BCUT2D eigenvalue weighted by Gasteiger charge is -2.34. The van der Waals surface area contributed by atoms with E-state index in [2.05, 4.69) is 40.6 Å². The number of rotatable bonds is 2. The highest BCUT2D eigenvalue weighted by atomic mass is 35.5. The summed E-state index contributed by atoms with van der Waals surface area (Å²) in [6, 6.07) is 12.5. The van der Waals surface area contributed by atoms with Gasteiger partial charge in [-0.15, -0.1) is 0 Å². The van der Waals surface area contributed by atoms with Crippen molar-refractivity contribution in [3.05, 3.63) is 35.9 Å². The molecule has 3 heteroatoms. The third kappa shape index (κ3) is 2.96. The first kappa shape index (κ1) is 14.9. The van der Waals surface area contributed by atoms with Crippen LogP contribution in [0.1, 0.15) is 56.4 Å². The fourth-order valence-corrected chi connectivity index (χ4v) is 4.46. The van der Waals surface area contributed by atoms with E-state index in [1.165, 1.54) is 56.3 Å². The Morgan fingerprint density at radius 2 is 1.67 bits per heavy atom. The molecule has 2 aliphatic carbocycles.